The molecule has 0 bridgehead atoms. The summed E-state index contributed by atoms with van der Waals surface area (Å²) in [6, 6.07) is 25.6. The lowest BCUT2D eigenvalue weighted by Gasteiger charge is -2.11. The first kappa shape index (κ1) is 19.6. The lowest BCUT2D eigenvalue weighted by Crippen LogP contribution is -1.97. The Morgan fingerprint density at radius 2 is 1.87 bits per heavy atom. The van der Waals surface area contributed by atoms with Gasteiger partial charge in [-0.2, -0.15) is 5.26 Å². The van der Waals surface area contributed by atoms with Gasteiger partial charge in [-0.1, -0.05) is 48.5 Å². The smallest absolute Gasteiger partial charge is 0.171 e. The van der Waals surface area contributed by atoms with Gasteiger partial charge in [-0.3, -0.25) is 0 Å². The quantitative estimate of drug-likeness (QED) is 0.306. The molecule has 0 spiro atoms. The van der Waals surface area contributed by atoms with Crippen LogP contribution in [0.2, 0.25) is 0 Å². The highest BCUT2D eigenvalue weighted by molar-refractivity contribution is 8.03. The summed E-state index contributed by atoms with van der Waals surface area (Å²) >= 11 is 1.30. The van der Waals surface area contributed by atoms with Crippen LogP contribution < -0.4 is 9.47 Å². The second kappa shape index (κ2) is 9.21. The summed E-state index contributed by atoms with van der Waals surface area (Å²) in [6.45, 7) is 0.456. The van der Waals surface area contributed by atoms with Crippen LogP contribution >= 0.6 is 11.8 Å². The summed E-state index contributed by atoms with van der Waals surface area (Å²) in [5.74, 6) is 1.27. The number of imidazole rings is 1. The van der Waals surface area contributed by atoms with Crippen molar-refractivity contribution in [3.05, 3.63) is 88.8 Å². The van der Waals surface area contributed by atoms with E-state index in [1.54, 1.807) is 13.2 Å². The highest BCUT2D eigenvalue weighted by atomic mass is 32.2. The average Bonchev–Trinajstić information content (AvgIpc) is 3.20. The van der Waals surface area contributed by atoms with Gasteiger partial charge in [0.25, 0.3) is 0 Å². The SMILES string of the molecule is COc1cc(/C=C(\C#N)Sc2nc3ccccc3[nH]2)ccc1OCc1ccccc1. The van der Waals surface area contributed by atoms with Crippen molar-refractivity contribution in [2.75, 3.05) is 7.11 Å². The van der Waals surface area contributed by atoms with Gasteiger partial charge >= 0.3 is 0 Å². The Balaban J connectivity index is 1.51. The van der Waals surface area contributed by atoms with Crippen LogP contribution in [-0.4, -0.2) is 17.1 Å². The van der Waals surface area contributed by atoms with E-state index in [0.717, 1.165) is 22.2 Å². The Hall–Kier alpha value is -3.69. The zero-order chi connectivity index (χ0) is 20.8. The standard InChI is InChI=1S/C24H19N3O2S/c1-28-23-14-18(11-12-22(23)29-16-17-7-3-2-4-8-17)13-19(15-25)30-24-26-20-9-5-6-10-21(20)27-24/h2-14H,16H2,1H3,(H,26,27)/b19-13+. The number of methoxy groups -OCH3 is 1. The second-order valence-corrected chi connectivity index (χ2v) is 7.50. The van der Waals surface area contributed by atoms with Crippen LogP contribution in [0.1, 0.15) is 11.1 Å². The van der Waals surface area contributed by atoms with Crippen molar-refractivity contribution in [3.63, 3.8) is 0 Å². The molecule has 0 aliphatic heterocycles. The van der Waals surface area contributed by atoms with Gasteiger partial charge in [0.15, 0.2) is 16.7 Å². The summed E-state index contributed by atoms with van der Waals surface area (Å²) in [5, 5.41) is 10.3. The second-order valence-electron chi connectivity index (χ2n) is 6.47. The molecule has 5 nitrogen and oxygen atoms in total. The van der Waals surface area contributed by atoms with Gasteiger partial charge in [0.1, 0.15) is 12.7 Å². The van der Waals surface area contributed by atoms with Gasteiger partial charge in [0.05, 0.1) is 23.0 Å². The molecule has 6 heteroatoms. The molecular weight excluding hydrogens is 394 g/mol. The molecule has 1 heterocycles. The predicted octanol–water partition coefficient (Wildman–Crippen LogP) is 5.81. The van der Waals surface area contributed by atoms with E-state index in [4.69, 9.17) is 9.47 Å². The van der Waals surface area contributed by atoms with E-state index in [1.165, 1.54) is 11.8 Å². The summed E-state index contributed by atoms with van der Waals surface area (Å²) in [6.07, 6.45) is 1.81. The van der Waals surface area contributed by atoms with E-state index >= 15 is 0 Å². The molecule has 4 aromatic rings. The molecule has 1 N–H and O–H groups in total. The lowest BCUT2D eigenvalue weighted by molar-refractivity contribution is 0.284. The third-order valence-corrected chi connectivity index (χ3v) is 5.22. The first-order chi connectivity index (χ1) is 14.7. The number of nitrogens with zero attached hydrogens (tertiary/aromatic N) is 2. The van der Waals surface area contributed by atoms with Gasteiger partial charge in [-0.15, -0.1) is 0 Å². The molecule has 0 fully saturated rings. The van der Waals surface area contributed by atoms with Crippen LogP contribution in [-0.2, 0) is 6.61 Å². The van der Waals surface area contributed by atoms with Crippen molar-refractivity contribution >= 4 is 28.9 Å². The third-order valence-electron chi connectivity index (χ3n) is 4.41. The van der Waals surface area contributed by atoms with Crippen molar-refractivity contribution in [2.24, 2.45) is 0 Å². The first-order valence-corrected chi connectivity index (χ1v) is 10.2. The van der Waals surface area contributed by atoms with Crippen LogP contribution in [0.5, 0.6) is 11.5 Å². The molecule has 30 heavy (non-hydrogen) atoms. The number of nitrogens with one attached hydrogen (secondary N) is 1. The van der Waals surface area contributed by atoms with Crippen LogP contribution in [0.15, 0.2) is 82.9 Å². The molecule has 0 radical (unpaired) electrons. The fraction of sp³-hybridized carbons (Fsp3) is 0.0833. The molecule has 1 aromatic heterocycles. The fourth-order valence-electron chi connectivity index (χ4n) is 2.95. The Morgan fingerprint density at radius 1 is 1.07 bits per heavy atom. The minimum Gasteiger partial charge on any atom is -0.493 e. The summed E-state index contributed by atoms with van der Waals surface area (Å²) in [7, 11) is 1.60. The Bertz CT molecular complexity index is 1190. The summed E-state index contributed by atoms with van der Waals surface area (Å²) in [4.78, 5) is 8.26. The maximum atomic E-state index is 9.58. The summed E-state index contributed by atoms with van der Waals surface area (Å²) < 4.78 is 11.4. The van der Waals surface area contributed by atoms with Gasteiger partial charge in [0.2, 0.25) is 0 Å². The van der Waals surface area contributed by atoms with Crippen molar-refractivity contribution in [1.29, 1.82) is 5.26 Å². The number of para-hydroxylation sites is 2. The molecule has 4 rings (SSSR count). The van der Waals surface area contributed by atoms with Crippen LogP contribution in [0.25, 0.3) is 17.1 Å². The molecule has 148 valence electrons. The number of hydrogen-bond acceptors (Lipinski definition) is 5. The van der Waals surface area contributed by atoms with E-state index in [2.05, 4.69) is 16.0 Å². The number of thioether (sulfide) groups is 1. The van der Waals surface area contributed by atoms with Crippen molar-refractivity contribution in [3.8, 4) is 17.6 Å². The molecule has 0 atom stereocenters. The molecule has 0 saturated heterocycles. The van der Waals surface area contributed by atoms with Gasteiger partial charge in [-0.25, -0.2) is 4.98 Å². The molecule has 0 aliphatic carbocycles. The van der Waals surface area contributed by atoms with Crippen molar-refractivity contribution in [2.45, 2.75) is 11.8 Å². The average molecular weight is 414 g/mol. The number of ether oxygens (including phenoxy) is 2. The number of fused-ring (bicyclic) bond motifs is 1. The zero-order valence-corrected chi connectivity index (χ0v) is 17.1. The number of aromatic nitrogens is 2. The van der Waals surface area contributed by atoms with Crippen molar-refractivity contribution < 1.29 is 9.47 Å². The number of allylic oxidation sites excluding steroid dienone is 1. The van der Waals surface area contributed by atoms with Crippen LogP contribution in [0.4, 0.5) is 0 Å². The van der Waals surface area contributed by atoms with Crippen LogP contribution in [0.3, 0.4) is 0 Å². The van der Waals surface area contributed by atoms with Gasteiger partial charge < -0.3 is 14.5 Å². The number of hydrogen-bond donors (Lipinski definition) is 1. The normalized spacial score (nSPS) is 11.3. The van der Waals surface area contributed by atoms with E-state index in [-0.39, 0.29) is 0 Å². The zero-order valence-electron chi connectivity index (χ0n) is 16.3. The van der Waals surface area contributed by atoms with E-state index in [0.29, 0.717) is 28.2 Å². The topological polar surface area (TPSA) is 70.9 Å². The largest absolute Gasteiger partial charge is 0.493 e. The third kappa shape index (κ3) is 4.65. The monoisotopic (exact) mass is 413 g/mol. The lowest BCUT2D eigenvalue weighted by atomic mass is 10.2. The minimum atomic E-state index is 0.456. The maximum Gasteiger partial charge on any atom is 0.171 e. The maximum absolute atomic E-state index is 9.58. The summed E-state index contributed by atoms with van der Waals surface area (Å²) in [5.41, 5.74) is 3.74. The van der Waals surface area contributed by atoms with Gasteiger partial charge in [0, 0.05) is 0 Å². The molecule has 3 aromatic carbocycles. The first-order valence-electron chi connectivity index (χ1n) is 9.34. The minimum absolute atomic E-state index is 0.456. The highest BCUT2D eigenvalue weighted by Crippen LogP contribution is 2.32. The Kier molecular flexibility index (Phi) is 6.02. The highest BCUT2D eigenvalue weighted by Gasteiger charge is 2.09. The molecule has 0 unspecified atom stereocenters. The number of aromatic amines is 1. The molecular formula is C24H19N3O2S. The van der Waals surface area contributed by atoms with Crippen LogP contribution in [0, 0.1) is 11.3 Å². The molecule has 0 saturated carbocycles. The number of nitriles is 1. The Labute approximate surface area is 179 Å². The fourth-order valence-corrected chi connectivity index (χ4v) is 3.70. The van der Waals surface area contributed by atoms with Crippen molar-refractivity contribution in [1.82, 2.24) is 9.97 Å². The predicted molar refractivity (Wildman–Crippen MR) is 119 cm³/mol. The van der Waals surface area contributed by atoms with Gasteiger partial charge in [-0.05, 0) is 53.2 Å². The number of H-pyrrole nitrogens is 1. The van der Waals surface area contributed by atoms with E-state index < -0.39 is 0 Å². The van der Waals surface area contributed by atoms with E-state index in [9.17, 15) is 5.26 Å². The molecule has 0 amide bonds. The number of benzene rings is 3. The number of rotatable bonds is 7. The molecule has 0 aliphatic rings. The van der Waals surface area contributed by atoms with E-state index in [1.807, 2.05) is 72.8 Å². The Morgan fingerprint density at radius 3 is 2.63 bits per heavy atom.